The Morgan fingerprint density at radius 2 is 1.48 bits per heavy atom. The lowest BCUT2D eigenvalue weighted by atomic mass is 10.2. The highest BCUT2D eigenvalue weighted by Gasteiger charge is 2.07. The molecule has 0 radical (unpaired) electrons. The molecule has 0 saturated heterocycles. The van der Waals surface area contributed by atoms with E-state index in [1.165, 1.54) is 12.1 Å². The van der Waals surface area contributed by atoms with Gasteiger partial charge in [-0.3, -0.25) is 0 Å². The zero-order chi connectivity index (χ0) is 19.1. The highest BCUT2D eigenvalue weighted by atomic mass is 19.1. The Morgan fingerprint density at radius 1 is 0.778 bits per heavy atom. The van der Waals surface area contributed by atoms with E-state index in [9.17, 15) is 4.39 Å². The molecule has 0 aliphatic carbocycles. The van der Waals surface area contributed by atoms with E-state index in [1.807, 2.05) is 42.5 Å². The van der Waals surface area contributed by atoms with Crippen molar-refractivity contribution < 1.29 is 18.6 Å². The lowest BCUT2D eigenvalue weighted by Crippen LogP contribution is -2.02. The predicted molar refractivity (Wildman–Crippen MR) is 104 cm³/mol. The second kappa shape index (κ2) is 8.94. The second-order valence-corrected chi connectivity index (χ2v) is 5.98. The Bertz CT molecular complexity index is 864. The van der Waals surface area contributed by atoms with Gasteiger partial charge >= 0.3 is 0 Å². The van der Waals surface area contributed by atoms with Crippen molar-refractivity contribution in [3.63, 3.8) is 0 Å². The minimum absolute atomic E-state index is 0.259. The summed E-state index contributed by atoms with van der Waals surface area (Å²) in [5.41, 5.74) is 2.96. The normalized spacial score (nSPS) is 10.3. The standard InChI is InChI=1S/C22H22FNO3/c1-25-20-10-8-19(9-11-20)24-14-17-5-12-21(22(13-17)26-2)27-15-16-3-6-18(23)7-4-16/h3-13,24H,14-15H2,1-2H3. The molecule has 0 bridgehead atoms. The molecule has 0 aliphatic heterocycles. The molecule has 0 spiro atoms. The number of hydrogen-bond acceptors (Lipinski definition) is 4. The van der Waals surface area contributed by atoms with Gasteiger partial charge in [0.15, 0.2) is 11.5 Å². The lowest BCUT2D eigenvalue weighted by Gasteiger charge is -2.13. The van der Waals surface area contributed by atoms with Crippen LogP contribution in [0.5, 0.6) is 17.2 Å². The number of hydrogen-bond donors (Lipinski definition) is 1. The van der Waals surface area contributed by atoms with Gasteiger partial charge in [0.2, 0.25) is 0 Å². The molecule has 5 heteroatoms. The van der Waals surface area contributed by atoms with Gasteiger partial charge in [-0.25, -0.2) is 4.39 Å². The molecule has 27 heavy (non-hydrogen) atoms. The van der Waals surface area contributed by atoms with E-state index in [2.05, 4.69) is 5.32 Å². The Hall–Kier alpha value is -3.21. The first-order valence-corrected chi connectivity index (χ1v) is 8.60. The molecule has 0 aliphatic rings. The third-order valence-corrected chi connectivity index (χ3v) is 4.12. The van der Waals surface area contributed by atoms with Gasteiger partial charge in [0, 0.05) is 12.2 Å². The van der Waals surface area contributed by atoms with Crippen molar-refractivity contribution in [2.24, 2.45) is 0 Å². The summed E-state index contributed by atoms with van der Waals surface area (Å²) in [5.74, 6) is 1.87. The van der Waals surface area contributed by atoms with Gasteiger partial charge in [-0.1, -0.05) is 18.2 Å². The number of benzene rings is 3. The SMILES string of the molecule is COc1ccc(NCc2ccc(OCc3ccc(F)cc3)c(OC)c2)cc1. The van der Waals surface area contributed by atoms with E-state index in [0.29, 0.717) is 24.7 Å². The van der Waals surface area contributed by atoms with E-state index < -0.39 is 0 Å². The number of ether oxygens (including phenoxy) is 3. The Labute approximate surface area is 158 Å². The fourth-order valence-corrected chi connectivity index (χ4v) is 2.60. The third-order valence-electron chi connectivity index (χ3n) is 4.12. The van der Waals surface area contributed by atoms with Crippen molar-refractivity contribution in [3.05, 3.63) is 83.7 Å². The van der Waals surface area contributed by atoms with Crippen molar-refractivity contribution in [1.29, 1.82) is 0 Å². The van der Waals surface area contributed by atoms with Crippen molar-refractivity contribution in [3.8, 4) is 17.2 Å². The molecule has 140 valence electrons. The first kappa shape index (κ1) is 18.6. The summed E-state index contributed by atoms with van der Waals surface area (Å²) in [6, 6.07) is 19.8. The summed E-state index contributed by atoms with van der Waals surface area (Å²) in [4.78, 5) is 0. The van der Waals surface area contributed by atoms with Gasteiger partial charge in [-0.05, 0) is 59.7 Å². The molecule has 3 aromatic carbocycles. The number of methoxy groups -OCH3 is 2. The monoisotopic (exact) mass is 367 g/mol. The number of nitrogens with one attached hydrogen (secondary N) is 1. The average Bonchev–Trinajstić information content (AvgIpc) is 2.72. The summed E-state index contributed by atoms with van der Waals surface area (Å²) in [6.45, 7) is 1.00. The predicted octanol–water partition coefficient (Wildman–Crippen LogP) is 5.03. The molecule has 0 heterocycles. The maximum absolute atomic E-state index is 13.0. The van der Waals surface area contributed by atoms with Crippen LogP contribution in [0.4, 0.5) is 10.1 Å². The molecule has 0 amide bonds. The van der Waals surface area contributed by atoms with Crippen LogP contribution in [0.1, 0.15) is 11.1 Å². The molecule has 0 unspecified atom stereocenters. The highest BCUT2D eigenvalue weighted by molar-refractivity contribution is 5.48. The van der Waals surface area contributed by atoms with E-state index in [4.69, 9.17) is 14.2 Å². The second-order valence-electron chi connectivity index (χ2n) is 5.98. The van der Waals surface area contributed by atoms with Crippen molar-refractivity contribution in [1.82, 2.24) is 0 Å². The van der Waals surface area contributed by atoms with Crippen LogP contribution in [0, 0.1) is 5.82 Å². The molecule has 4 nitrogen and oxygen atoms in total. The van der Waals surface area contributed by atoms with Gasteiger partial charge in [0.1, 0.15) is 18.2 Å². The van der Waals surface area contributed by atoms with Crippen LogP contribution in [-0.4, -0.2) is 14.2 Å². The van der Waals surface area contributed by atoms with Crippen LogP contribution < -0.4 is 19.5 Å². The van der Waals surface area contributed by atoms with Crippen molar-refractivity contribution >= 4 is 5.69 Å². The highest BCUT2D eigenvalue weighted by Crippen LogP contribution is 2.29. The maximum atomic E-state index is 13.0. The smallest absolute Gasteiger partial charge is 0.161 e. The van der Waals surface area contributed by atoms with E-state index in [1.54, 1.807) is 26.4 Å². The molecule has 0 fully saturated rings. The van der Waals surface area contributed by atoms with Crippen LogP contribution in [0.15, 0.2) is 66.7 Å². The van der Waals surface area contributed by atoms with E-state index in [0.717, 1.165) is 22.6 Å². The summed E-state index contributed by atoms with van der Waals surface area (Å²) >= 11 is 0. The minimum Gasteiger partial charge on any atom is -0.497 e. The first-order chi connectivity index (χ1) is 13.2. The maximum Gasteiger partial charge on any atom is 0.161 e. The summed E-state index contributed by atoms with van der Waals surface area (Å²) in [6.07, 6.45) is 0. The zero-order valence-corrected chi connectivity index (χ0v) is 15.4. The summed E-state index contributed by atoms with van der Waals surface area (Å²) in [5, 5.41) is 3.36. The number of halogens is 1. The van der Waals surface area contributed by atoms with Crippen LogP contribution in [0.25, 0.3) is 0 Å². The van der Waals surface area contributed by atoms with Gasteiger partial charge < -0.3 is 19.5 Å². The molecular weight excluding hydrogens is 345 g/mol. The van der Waals surface area contributed by atoms with E-state index >= 15 is 0 Å². The van der Waals surface area contributed by atoms with Crippen molar-refractivity contribution in [2.75, 3.05) is 19.5 Å². The fraction of sp³-hybridized carbons (Fsp3) is 0.182. The van der Waals surface area contributed by atoms with Crippen LogP contribution >= 0.6 is 0 Å². The minimum atomic E-state index is -0.259. The van der Waals surface area contributed by atoms with E-state index in [-0.39, 0.29) is 5.82 Å². The van der Waals surface area contributed by atoms with Crippen LogP contribution in [0.2, 0.25) is 0 Å². The summed E-state index contributed by atoms with van der Waals surface area (Å²) < 4.78 is 29.4. The average molecular weight is 367 g/mol. The number of anilines is 1. The van der Waals surface area contributed by atoms with Gasteiger partial charge in [0.25, 0.3) is 0 Å². The fourth-order valence-electron chi connectivity index (χ4n) is 2.60. The molecule has 0 saturated carbocycles. The van der Waals surface area contributed by atoms with Crippen molar-refractivity contribution in [2.45, 2.75) is 13.2 Å². The lowest BCUT2D eigenvalue weighted by molar-refractivity contribution is 0.284. The van der Waals surface area contributed by atoms with Crippen LogP contribution in [-0.2, 0) is 13.2 Å². The summed E-state index contributed by atoms with van der Waals surface area (Å²) in [7, 11) is 3.26. The molecule has 3 rings (SSSR count). The molecule has 1 N–H and O–H groups in total. The zero-order valence-electron chi connectivity index (χ0n) is 15.4. The Kier molecular flexibility index (Phi) is 6.15. The van der Waals surface area contributed by atoms with Crippen LogP contribution in [0.3, 0.4) is 0 Å². The third kappa shape index (κ3) is 5.14. The Morgan fingerprint density at radius 3 is 2.15 bits per heavy atom. The molecule has 0 aromatic heterocycles. The number of rotatable bonds is 8. The van der Waals surface area contributed by atoms with Gasteiger partial charge in [0.05, 0.1) is 14.2 Å². The molecular formula is C22H22FNO3. The Balaban J connectivity index is 1.61. The van der Waals surface area contributed by atoms with Gasteiger partial charge in [-0.15, -0.1) is 0 Å². The quantitative estimate of drug-likeness (QED) is 0.606. The van der Waals surface area contributed by atoms with Gasteiger partial charge in [-0.2, -0.15) is 0 Å². The molecule has 3 aromatic rings. The topological polar surface area (TPSA) is 39.7 Å². The first-order valence-electron chi connectivity index (χ1n) is 8.60. The largest absolute Gasteiger partial charge is 0.497 e. The molecule has 0 atom stereocenters.